The minimum Gasteiger partial charge on any atom is -0.495 e. The van der Waals surface area contributed by atoms with E-state index in [4.69, 9.17) is 4.74 Å². The summed E-state index contributed by atoms with van der Waals surface area (Å²) in [7, 11) is -2.97. The lowest BCUT2D eigenvalue weighted by molar-refractivity contribution is -0.274. The van der Waals surface area contributed by atoms with Gasteiger partial charge in [-0.2, -0.15) is 0 Å². The van der Waals surface area contributed by atoms with Gasteiger partial charge in [0.25, 0.3) is 15.9 Å². The second-order valence-corrected chi connectivity index (χ2v) is 9.03. The summed E-state index contributed by atoms with van der Waals surface area (Å²) >= 11 is 0. The SMILES string of the molecule is COc1ccc(NC(=O)c2cc(F)ccc2OC(F)(F)F)cc1S(=O)(=O)Nc1c(C)cccc1C. The molecule has 12 heteroatoms. The van der Waals surface area contributed by atoms with E-state index in [9.17, 15) is 30.8 Å². The van der Waals surface area contributed by atoms with E-state index >= 15 is 0 Å². The molecule has 0 aromatic heterocycles. The Morgan fingerprint density at radius 3 is 2.17 bits per heavy atom. The zero-order valence-corrected chi connectivity index (χ0v) is 19.5. The van der Waals surface area contributed by atoms with Crippen LogP contribution in [0.3, 0.4) is 0 Å². The molecule has 1 amide bonds. The number of carbonyl (C=O) groups is 1. The summed E-state index contributed by atoms with van der Waals surface area (Å²) in [5.74, 6) is -3.09. The lowest BCUT2D eigenvalue weighted by atomic mass is 10.1. The third-order valence-electron chi connectivity index (χ3n) is 4.84. The summed E-state index contributed by atoms with van der Waals surface area (Å²) < 4.78 is 89.4. The van der Waals surface area contributed by atoms with Gasteiger partial charge in [-0.05, 0) is 61.4 Å². The van der Waals surface area contributed by atoms with Gasteiger partial charge < -0.3 is 14.8 Å². The van der Waals surface area contributed by atoms with Crippen LogP contribution in [0.2, 0.25) is 0 Å². The Hall–Kier alpha value is -3.80. The first kappa shape index (κ1) is 25.8. The number of amides is 1. The highest BCUT2D eigenvalue weighted by molar-refractivity contribution is 7.92. The van der Waals surface area contributed by atoms with Gasteiger partial charge in [0.1, 0.15) is 22.2 Å². The molecular formula is C23H20F4N2O5S. The normalized spacial score (nSPS) is 11.6. The number of para-hydroxylation sites is 1. The van der Waals surface area contributed by atoms with E-state index in [1.54, 1.807) is 32.0 Å². The summed E-state index contributed by atoms with van der Waals surface area (Å²) in [6, 6.07) is 10.7. The molecule has 0 unspecified atom stereocenters. The number of anilines is 2. The predicted octanol–water partition coefficient (Wildman–Crippen LogP) is 5.40. The fourth-order valence-electron chi connectivity index (χ4n) is 3.22. The van der Waals surface area contributed by atoms with Gasteiger partial charge in [0.2, 0.25) is 0 Å². The van der Waals surface area contributed by atoms with E-state index in [1.807, 2.05) is 0 Å². The maximum Gasteiger partial charge on any atom is 0.573 e. The quantitative estimate of drug-likeness (QED) is 0.414. The Bertz CT molecular complexity index is 1350. The van der Waals surface area contributed by atoms with Crippen LogP contribution in [0.1, 0.15) is 21.5 Å². The largest absolute Gasteiger partial charge is 0.573 e. The Morgan fingerprint density at radius 1 is 0.943 bits per heavy atom. The number of sulfonamides is 1. The molecule has 0 aliphatic heterocycles. The molecule has 3 aromatic carbocycles. The van der Waals surface area contributed by atoms with Crippen LogP contribution in [0.25, 0.3) is 0 Å². The number of hydrogen-bond acceptors (Lipinski definition) is 5. The van der Waals surface area contributed by atoms with E-state index in [-0.39, 0.29) is 16.3 Å². The molecule has 0 saturated heterocycles. The number of methoxy groups -OCH3 is 1. The molecule has 7 nitrogen and oxygen atoms in total. The number of alkyl halides is 3. The van der Waals surface area contributed by atoms with E-state index in [0.717, 1.165) is 6.07 Å². The van der Waals surface area contributed by atoms with Crippen molar-refractivity contribution in [3.63, 3.8) is 0 Å². The number of hydrogen-bond donors (Lipinski definition) is 2. The second-order valence-electron chi connectivity index (χ2n) is 7.38. The molecule has 3 aromatic rings. The summed E-state index contributed by atoms with van der Waals surface area (Å²) in [5, 5.41) is 2.26. The average molecular weight is 512 g/mol. The predicted molar refractivity (Wildman–Crippen MR) is 121 cm³/mol. The molecule has 0 saturated carbocycles. The smallest absolute Gasteiger partial charge is 0.495 e. The molecule has 0 heterocycles. The fraction of sp³-hybridized carbons (Fsp3) is 0.174. The Kier molecular flexibility index (Phi) is 7.25. The summed E-state index contributed by atoms with van der Waals surface area (Å²) in [6.07, 6.45) is -5.12. The summed E-state index contributed by atoms with van der Waals surface area (Å²) in [6.45, 7) is 3.44. The van der Waals surface area contributed by atoms with Gasteiger partial charge in [-0.1, -0.05) is 18.2 Å². The first-order chi connectivity index (χ1) is 16.3. The molecule has 3 rings (SSSR count). The number of carbonyl (C=O) groups excluding carboxylic acids is 1. The van der Waals surface area contributed by atoms with Crippen LogP contribution in [-0.2, 0) is 10.0 Å². The third-order valence-corrected chi connectivity index (χ3v) is 6.21. The summed E-state index contributed by atoms with van der Waals surface area (Å²) in [5.41, 5.74) is 0.856. The summed E-state index contributed by atoms with van der Waals surface area (Å²) in [4.78, 5) is 12.3. The van der Waals surface area contributed by atoms with Crippen LogP contribution in [0.5, 0.6) is 11.5 Å². The zero-order valence-electron chi connectivity index (χ0n) is 18.7. The van der Waals surface area contributed by atoms with E-state index in [1.165, 1.54) is 19.2 Å². The van der Waals surface area contributed by atoms with Crippen molar-refractivity contribution in [2.24, 2.45) is 0 Å². The Balaban J connectivity index is 1.97. The standard InChI is InChI=1S/C23H20F4N2O5S/c1-13-5-4-6-14(2)21(13)29-35(31,32)20-12-16(8-10-19(20)33-3)28-22(30)17-11-15(24)7-9-18(17)34-23(25,26)27/h4-12,29H,1-3H3,(H,28,30). The molecule has 35 heavy (non-hydrogen) atoms. The Morgan fingerprint density at radius 2 is 1.57 bits per heavy atom. The van der Waals surface area contributed by atoms with Gasteiger partial charge in [0.05, 0.1) is 18.4 Å². The lowest BCUT2D eigenvalue weighted by Gasteiger charge is -2.17. The van der Waals surface area contributed by atoms with E-state index in [2.05, 4.69) is 14.8 Å². The molecule has 0 spiro atoms. The first-order valence-electron chi connectivity index (χ1n) is 9.94. The van der Waals surface area contributed by atoms with Gasteiger partial charge in [-0.15, -0.1) is 13.2 Å². The molecule has 0 bridgehead atoms. The fourth-order valence-corrected chi connectivity index (χ4v) is 4.62. The van der Waals surface area contributed by atoms with Crippen LogP contribution in [-0.4, -0.2) is 27.8 Å². The zero-order chi connectivity index (χ0) is 26.0. The minimum atomic E-state index is -5.12. The molecule has 0 atom stereocenters. The van der Waals surface area contributed by atoms with Crippen molar-refractivity contribution in [3.8, 4) is 11.5 Å². The van der Waals surface area contributed by atoms with Crippen molar-refractivity contribution < 1.29 is 40.2 Å². The molecule has 0 fully saturated rings. The number of aryl methyl sites for hydroxylation is 2. The maximum absolute atomic E-state index is 13.6. The van der Waals surface area contributed by atoms with Crippen molar-refractivity contribution in [2.75, 3.05) is 17.1 Å². The minimum absolute atomic E-state index is 0.0476. The molecule has 0 radical (unpaired) electrons. The van der Waals surface area contributed by atoms with Crippen LogP contribution in [0.4, 0.5) is 28.9 Å². The molecule has 0 aliphatic rings. The van der Waals surface area contributed by atoms with Crippen molar-refractivity contribution >= 4 is 27.3 Å². The highest BCUT2D eigenvalue weighted by atomic mass is 32.2. The maximum atomic E-state index is 13.6. The number of nitrogens with one attached hydrogen (secondary N) is 2. The van der Waals surface area contributed by atoms with Gasteiger partial charge in [0.15, 0.2) is 0 Å². The number of benzene rings is 3. The first-order valence-corrected chi connectivity index (χ1v) is 11.4. The van der Waals surface area contributed by atoms with Crippen LogP contribution in [0.15, 0.2) is 59.5 Å². The highest BCUT2D eigenvalue weighted by Gasteiger charge is 2.33. The van der Waals surface area contributed by atoms with Gasteiger partial charge in [0, 0.05) is 5.69 Å². The Labute approximate surface area is 198 Å². The average Bonchev–Trinajstić information content (AvgIpc) is 2.76. The van der Waals surface area contributed by atoms with Gasteiger partial charge in [-0.3, -0.25) is 9.52 Å². The topological polar surface area (TPSA) is 93.7 Å². The molecule has 0 aliphatic carbocycles. The second kappa shape index (κ2) is 9.82. The van der Waals surface area contributed by atoms with Crippen molar-refractivity contribution in [3.05, 3.63) is 77.1 Å². The van der Waals surface area contributed by atoms with E-state index in [0.29, 0.717) is 35.0 Å². The third kappa shape index (κ3) is 6.21. The lowest BCUT2D eigenvalue weighted by Crippen LogP contribution is -2.21. The number of ether oxygens (including phenoxy) is 2. The van der Waals surface area contributed by atoms with Gasteiger partial charge >= 0.3 is 6.36 Å². The molecular weight excluding hydrogens is 492 g/mol. The van der Waals surface area contributed by atoms with Crippen LogP contribution < -0.4 is 19.5 Å². The van der Waals surface area contributed by atoms with Crippen molar-refractivity contribution in [1.82, 2.24) is 0 Å². The van der Waals surface area contributed by atoms with Crippen LogP contribution >= 0.6 is 0 Å². The highest BCUT2D eigenvalue weighted by Crippen LogP contribution is 2.32. The molecule has 2 N–H and O–H groups in total. The number of rotatable bonds is 7. The van der Waals surface area contributed by atoms with E-state index < -0.39 is 39.4 Å². The monoisotopic (exact) mass is 512 g/mol. The number of halogens is 4. The van der Waals surface area contributed by atoms with Crippen LogP contribution in [0, 0.1) is 19.7 Å². The van der Waals surface area contributed by atoms with Gasteiger partial charge in [-0.25, -0.2) is 12.8 Å². The molecule has 186 valence electrons. The van der Waals surface area contributed by atoms with Crippen molar-refractivity contribution in [2.45, 2.75) is 25.1 Å². The van der Waals surface area contributed by atoms with Crippen molar-refractivity contribution in [1.29, 1.82) is 0 Å².